The quantitative estimate of drug-likeness (QED) is 0.162. The molecular weight excluding hydrogens is 534 g/mol. The number of carboxylic acids is 3. The van der Waals surface area contributed by atoms with Gasteiger partial charge >= 0.3 is 17.9 Å². The number of nitrogens with one attached hydrogen (secondary N) is 1. The molecule has 6 rings (SSSR count). The molecule has 2 aromatic heterocycles. The first kappa shape index (κ1) is 26.8. The van der Waals surface area contributed by atoms with E-state index < -0.39 is 23.3 Å². The minimum atomic E-state index is -1.12. The highest BCUT2D eigenvalue weighted by atomic mass is 32.2. The Morgan fingerprint density at radius 2 is 1.38 bits per heavy atom. The highest BCUT2D eigenvalue weighted by Gasteiger charge is 2.29. The van der Waals surface area contributed by atoms with Crippen molar-refractivity contribution in [1.82, 2.24) is 4.98 Å². The maximum atomic E-state index is 10.6. The van der Waals surface area contributed by atoms with Gasteiger partial charge in [-0.25, -0.2) is 14.4 Å². The van der Waals surface area contributed by atoms with Gasteiger partial charge in [0.05, 0.1) is 4.90 Å². The molecule has 0 saturated heterocycles. The number of fused-ring (bicyclic) bond motifs is 3. The summed E-state index contributed by atoms with van der Waals surface area (Å²) in [7, 11) is 0. The van der Waals surface area contributed by atoms with Crippen molar-refractivity contribution in [2.24, 2.45) is 0 Å². The lowest BCUT2D eigenvalue weighted by Gasteiger charge is -2.01. The third-order valence-electron chi connectivity index (χ3n) is 5.14. The fourth-order valence-electron chi connectivity index (χ4n) is 3.41. The van der Waals surface area contributed by atoms with Gasteiger partial charge in [-0.3, -0.25) is 0 Å². The number of aromatic hydroxyl groups is 3. The molecular formula is C26H19NO11S. The molecule has 3 heterocycles. The number of hydrogen-bond donors (Lipinski definition) is 7. The van der Waals surface area contributed by atoms with Gasteiger partial charge in [0.2, 0.25) is 11.2 Å². The van der Waals surface area contributed by atoms with Crippen molar-refractivity contribution in [2.75, 3.05) is 0 Å². The Bertz CT molecular complexity index is 1620. The molecule has 0 saturated carbocycles. The summed E-state index contributed by atoms with van der Waals surface area (Å²) in [4.78, 5) is 35.0. The molecule has 1 aliphatic heterocycles. The molecule has 1 aliphatic rings. The van der Waals surface area contributed by atoms with Crippen LogP contribution < -0.4 is 4.74 Å². The number of aromatic nitrogens is 1. The van der Waals surface area contributed by atoms with Crippen molar-refractivity contribution >= 4 is 51.5 Å². The van der Waals surface area contributed by atoms with Gasteiger partial charge < -0.3 is 44.8 Å². The van der Waals surface area contributed by atoms with Crippen LogP contribution in [0, 0.1) is 0 Å². The van der Waals surface area contributed by atoms with Crippen LogP contribution in [0.4, 0.5) is 0 Å². The van der Waals surface area contributed by atoms with Gasteiger partial charge in [0.1, 0.15) is 34.3 Å². The second-order valence-electron chi connectivity index (χ2n) is 7.93. The lowest BCUT2D eigenvalue weighted by Crippen LogP contribution is -2.19. The van der Waals surface area contributed by atoms with E-state index in [1.165, 1.54) is 54.6 Å². The minimum Gasteiger partial charge on any atom is -0.508 e. The fraction of sp³-hybridized carbons (Fsp3) is 0.0385. The van der Waals surface area contributed by atoms with Gasteiger partial charge in [-0.15, -0.1) is 0 Å². The molecule has 1 atom stereocenters. The van der Waals surface area contributed by atoms with E-state index in [-0.39, 0.29) is 28.7 Å². The molecule has 7 N–H and O–H groups in total. The Labute approximate surface area is 222 Å². The Hall–Kier alpha value is -5.30. The lowest BCUT2D eigenvalue weighted by atomic mass is 10.2. The van der Waals surface area contributed by atoms with Gasteiger partial charge in [0, 0.05) is 16.3 Å². The van der Waals surface area contributed by atoms with Gasteiger partial charge in [0.15, 0.2) is 0 Å². The zero-order valence-corrected chi connectivity index (χ0v) is 20.4. The highest BCUT2D eigenvalue weighted by Crippen LogP contribution is 2.42. The molecule has 0 spiro atoms. The first-order chi connectivity index (χ1) is 18.5. The van der Waals surface area contributed by atoms with Crippen LogP contribution in [0.1, 0.15) is 21.0 Å². The second-order valence-corrected chi connectivity index (χ2v) is 9.04. The number of phenols is 3. The number of carboxylic acid groups (broad SMARTS) is 3. The molecule has 0 amide bonds. The first-order valence-electron chi connectivity index (χ1n) is 10.9. The van der Waals surface area contributed by atoms with E-state index in [1.807, 2.05) is 0 Å². The van der Waals surface area contributed by atoms with Crippen LogP contribution in [0.25, 0.3) is 21.9 Å². The average Bonchev–Trinajstić information content (AvgIpc) is 3.60. The minimum absolute atomic E-state index is 0.0882. The highest BCUT2D eigenvalue weighted by molar-refractivity contribution is 8.00. The van der Waals surface area contributed by atoms with Crippen LogP contribution in [0.5, 0.6) is 23.0 Å². The molecule has 5 aromatic rings. The number of carbonyl (C=O) groups is 3. The molecule has 13 heteroatoms. The Kier molecular flexibility index (Phi) is 7.53. The lowest BCUT2D eigenvalue weighted by molar-refractivity contribution is -0.140. The number of benzene rings is 3. The van der Waals surface area contributed by atoms with Crippen molar-refractivity contribution in [3.8, 4) is 23.0 Å². The number of furan rings is 1. The molecule has 200 valence electrons. The van der Waals surface area contributed by atoms with Gasteiger partial charge in [0.25, 0.3) is 0 Å². The molecule has 1 unspecified atom stereocenters. The monoisotopic (exact) mass is 553 g/mol. The van der Waals surface area contributed by atoms with Crippen molar-refractivity contribution in [3.05, 3.63) is 78.2 Å². The van der Waals surface area contributed by atoms with E-state index in [0.29, 0.717) is 32.5 Å². The standard InChI is InChI=1S/C9H7NO3.C9H6O4.C8H6O4S/c11-6-1-2-7-5(3-6)4-8(10-7)9(12)13;10-6-1-2-7-5(3-6)4-8(13-7)9(11)12;9-4-1-2-5-6(3-4)13-8(12-5)7(10)11/h1-4,10-11H,(H,12,13);1-4,10H,(H,11,12);1-3,8-9H,(H,10,11). The Morgan fingerprint density at radius 1 is 0.744 bits per heavy atom. The van der Waals surface area contributed by atoms with E-state index >= 15 is 0 Å². The predicted octanol–water partition coefficient (Wildman–Crippen LogP) is 4.70. The number of thioether (sulfide) groups is 1. The number of hydrogen-bond acceptors (Lipinski definition) is 9. The van der Waals surface area contributed by atoms with E-state index in [9.17, 15) is 14.4 Å². The largest absolute Gasteiger partial charge is 0.508 e. The number of aliphatic carboxylic acids is 1. The summed E-state index contributed by atoms with van der Waals surface area (Å²) in [6.45, 7) is 0. The number of ether oxygens (including phenoxy) is 1. The van der Waals surface area contributed by atoms with Crippen LogP contribution in [0.15, 0.2) is 76.0 Å². The fourth-order valence-corrected chi connectivity index (χ4v) is 4.32. The van der Waals surface area contributed by atoms with Gasteiger partial charge in [-0.1, -0.05) is 11.8 Å². The number of aromatic amines is 1. The maximum Gasteiger partial charge on any atom is 0.371 e. The van der Waals surface area contributed by atoms with Crippen molar-refractivity contribution < 1.29 is 54.2 Å². The topological polar surface area (TPSA) is 211 Å². The van der Waals surface area contributed by atoms with Gasteiger partial charge in [-0.2, -0.15) is 0 Å². The summed E-state index contributed by atoms with van der Waals surface area (Å²) >= 11 is 1.08. The summed E-state index contributed by atoms with van der Waals surface area (Å²) in [5.74, 6) is -2.42. The maximum absolute atomic E-state index is 10.6. The van der Waals surface area contributed by atoms with Crippen LogP contribution in [0.3, 0.4) is 0 Å². The number of rotatable bonds is 3. The normalized spacial score (nSPS) is 13.4. The number of aromatic carboxylic acids is 2. The SMILES string of the molecule is O=C(O)C1Oc2ccc(O)cc2S1.O=C(O)c1cc2cc(O)ccc2[nH]1.O=C(O)c1cc2cc(O)ccc2o1. The van der Waals surface area contributed by atoms with Crippen LogP contribution in [-0.2, 0) is 4.79 Å². The molecule has 0 radical (unpaired) electrons. The zero-order chi connectivity index (χ0) is 28.3. The van der Waals surface area contributed by atoms with Crippen molar-refractivity contribution in [2.45, 2.75) is 10.3 Å². The van der Waals surface area contributed by atoms with E-state index in [0.717, 1.165) is 11.8 Å². The van der Waals surface area contributed by atoms with E-state index in [4.69, 9.17) is 39.8 Å². The zero-order valence-electron chi connectivity index (χ0n) is 19.6. The Balaban J connectivity index is 0.000000136. The summed E-state index contributed by atoms with van der Waals surface area (Å²) < 4.78 is 10.0. The smallest absolute Gasteiger partial charge is 0.371 e. The molecule has 0 aliphatic carbocycles. The summed E-state index contributed by atoms with van der Waals surface area (Å²) in [5, 5.41) is 54.5. The Morgan fingerprint density at radius 3 is 2.05 bits per heavy atom. The third-order valence-corrected chi connectivity index (χ3v) is 6.23. The summed E-state index contributed by atoms with van der Waals surface area (Å²) in [6, 6.07) is 16.4. The predicted molar refractivity (Wildman–Crippen MR) is 138 cm³/mol. The van der Waals surface area contributed by atoms with Crippen LogP contribution >= 0.6 is 11.8 Å². The van der Waals surface area contributed by atoms with Crippen LogP contribution in [-0.4, -0.2) is 59.0 Å². The van der Waals surface area contributed by atoms with Crippen LogP contribution in [0.2, 0.25) is 0 Å². The number of phenolic OH excluding ortho intramolecular Hbond substituents is 3. The molecule has 3 aromatic carbocycles. The van der Waals surface area contributed by atoms with Crippen molar-refractivity contribution in [1.29, 1.82) is 0 Å². The van der Waals surface area contributed by atoms with Crippen molar-refractivity contribution in [3.63, 3.8) is 0 Å². The first-order valence-corrected chi connectivity index (χ1v) is 11.8. The summed E-state index contributed by atoms with van der Waals surface area (Å²) in [6.07, 6.45) is 0. The van der Waals surface area contributed by atoms with E-state index in [1.54, 1.807) is 12.1 Å². The molecule has 12 nitrogen and oxygen atoms in total. The van der Waals surface area contributed by atoms with E-state index in [2.05, 4.69) is 4.98 Å². The average molecular weight is 554 g/mol. The molecule has 39 heavy (non-hydrogen) atoms. The molecule has 0 fully saturated rings. The number of H-pyrrole nitrogens is 1. The summed E-state index contributed by atoms with van der Waals surface area (Å²) in [5.41, 5.74) is 0.391. The van der Waals surface area contributed by atoms with Gasteiger partial charge in [-0.05, 0) is 66.7 Å². The molecule has 0 bridgehead atoms. The second kappa shape index (κ2) is 11.0. The third kappa shape index (κ3) is 6.34.